The van der Waals surface area contributed by atoms with Crippen LogP contribution in [0.1, 0.15) is 43.5 Å². The van der Waals surface area contributed by atoms with Gasteiger partial charge in [-0.15, -0.1) is 0 Å². The number of aromatic nitrogens is 2. The number of halogens is 3. The minimum atomic E-state index is -4.63. The molecule has 1 aliphatic heterocycles. The molecule has 1 aromatic rings. The highest BCUT2D eigenvalue weighted by atomic mass is 19.4. The van der Waals surface area contributed by atoms with E-state index in [9.17, 15) is 23.2 Å². The van der Waals surface area contributed by atoms with Crippen LogP contribution in [-0.2, 0) is 22.3 Å². The van der Waals surface area contributed by atoms with Crippen LogP contribution in [0, 0.1) is 11.3 Å². The number of hydrogen-bond donors (Lipinski definition) is 1. The molecule has 0 radical (unpaired) electrons. The van der Waals surface area contributed by atoms with E-state index in [0.717, 1.165) is 10.7 Å². The summed E-state index contributed by atoms with van der Waals surface area (Å²) in [6.07, 6.45) is -3.36. The fraction of sp³-hybridized carbons (Fsp3) is 0.438. The second-order valence-corrected chi connectivity index (χ2v) is 5.81. The molecule has 2 heterocycles. The van der Waals surface area contributed by atoms with E-state index in [0.29, 0.717) is 18.6 Å². The lowest BCUT2D eigenvalue weighted by Crippen LogP contribution is -2.28. The van der Waals surface area contributed by atoms with E-state index in [2.05, 4.69) is 5.10 Å². The number of hydrogen-bond acceptors (Lipinski definition) is 5. The summed E-state index contributed by atoms with van der Waals surface area (Å²) in [5, 5.41) is 13.0. The third-order valence-corrected chi connectivity index (χ3v) is 4.30. The Labute approximate surface area is 141 Å². The lowest BCUT2D eigenvalue weighted by molar-refractivity contribution is -0.141. The Balaban J connectivity index is 2.23. The van der Waals surface area contributed by atoms with E-state index in [1.165, 1.54) is 0 Å². The van der Waals surface area contributed by atoms with Gasteiger partial charge < -0.3 is 10.5 Å². The van der Waals surface area contributed by atoms with Crippen molar-refractivity contribution in [1.82, 2.24) is 9.78 Å². The molecule has 0 aromatic carbocycles. The lowest BCUT2D eigenvalue weighted by atomic mass is 9.79. The van der Waals surface area contributed by atoms with Crippen LogP contribution in [0.15, 0.2) is 28.9 Å². The molecule has 0 saturated heterocycles. The Hall–Kier alpha value is -2.76. The van der Waals surface area contributed by atoms with E-state index in [1.807, 2.05) is 6.07 Å². The van der Waals surface area contributed by atoms with Crippen molar-refractivity contribution in [2.45, 2.75) is 44.8 Å². The summed E-state index contributed by atoms with van der Waals surface area (Å²) in [4.78, 5) is 12.4. The minimum absolute atomic E-state index is 0.0719. The highest BCUT2D eigenvalue weighted by Gasteiger charge is 2.42. The molecule has 132 valence electrons. The highest BCUT2D eigenvalue weighted by molar-refractivity contribution is 5.99. The van der Waals surface area contributed by atoms with Crippen molar-refractivity contribution in [3.63, 3.8) is 0 Å². The number of nitriles is 1. The Kier molecular flexibility index (Phi) is 4.06. The van der Waals surface area contributed by atoms with Crippen LogP contribution >= 0.6 is 0 Å². The predicted molar refractivity (Wildman–Crippen MR) is 79.4 cm³/mol. The summed E-state index contributed by atoms with van der Waals surface area (Å²) in [5.41, 5.74) is 4.97. The maximum atomic E-state index is 13.1. The van der Waals surface area contributed by atoms with Crippen LogP contribution < -0.4 is 5.73 Å². The average Bonchev–Trinajstić information content (AvgIpc) is 2.98. The first-order chi connectivity index (χ1) is 11.8. The zero-order valence-electron chi connectivity index (χ0n) is 13.4. The summed E-state index contributed by atoms with van der Waals surface area (Å²) < 4.78 is 45.8. The second-order valence-electron chi connectivity index (χ2n) is 5.81. The molecule has 1 atom stereocenters. The molecule has 6 nitrogen and oxygen atoms in total. The van der Waals surface area contributed by atoms with Gasteiger partial charge in [-0.2, -0.15) is 23.5 Å². The molecular weight excluding hydrogens is 337 g/mol. The lowest BCUT2D eigenvalue weighted by Gasteiger charge is -2.30. The number of allylic oxidation sites excluding steroid dienone is 3. The summed E-state index contributed by atoms with van der Waals surface area (Å²) in [5.74, 6) is -1.09. The Morgan fingerprint density at radius 2 is 2.20 bits per heavy atom. The number of rotatable bonds is 2. The predicted octanol–water partition coefficient (Wildman–Crippen LogP) is 2.74. The van der Waals surface area contributed by atoms with Crippen molar-refractivity contribution < 1.29 is 22.7 Å². The first-order valence-electron chi connectivity index (χ1n) is 7.76. The standard InChI is InChI=1S/C16H15F3N4O2/c1-2-23-9(6-12(22-23)16(17,18)19)13-8(7-20)15(21)25-11-5-3-4-10(24)14(11)13/h6,13H,2-5,21H2,1H3/t13-/m1/s1. The molecule has 2 aliphatic rings. The first kappa shape index (κ1) is 17.1. The largest absolute Gasteiger partial charge is 0.444 e. The van der Waals surface area contributed by atoms with Crippen LogP contribution in [0.25, 0.3) is 0 Å². The number of aryl methyl sites for hydroxylation is 1. The number of nitrogens with two attached hydrogens (primary N) is 1. The van der Waals surface area contributed by atoms with Gasteiger partial charge in [0.05, 0.1) is 11.6 Å². The first-order valence-corrected chi connectivity index (χ1v) is 7.76. The Morgan fingerprint density at radius 3 is 2.80 bits per heavy atom. The monoisotopic (exact) mass is 352 g/mol. The molecule has 0 unspecified atom stereocenters. The third kappa shape index (κ3) is 2.77. The Bertz CT molecular complexity index is 843. The number of ketones is 1. The number of nitrogens with zero attached hydrogens (tertiary/aromatic N) is 3. The van der Waals surface area contributed by atoms with Crippen LogP contribution in [0.3, 0.4) is 0 Å². The van der Waals surface area contributed by atoms with Crippen LogP contribution in [0.5, 0.6) is 0 Å². The maximum absolute atomic E-state index is 13.1. The summed E-state index contributed by atoms with van der Waals surface area (Å²) in [6, 6.07) is 2.75. The smallest absolute Gasteiger partial charge is 0.435 e. The summed E-state index contributed by atoms with van der Waals surface area (Å²) in [7, 11) is 0. The Morgan fingerprint density at radius 1 is 1.48 bits per heavy atom. The van der Waals surface area contributed by atoms with Gasteiger partial charge in [0.1, 0.15) is 17.4 Å². The average molecular weight is 352 g/mol. The van der Waals surface area contributed by atoms with E-state index in [1.54, 1.807) is 6.92 Å². The molecule has 9 heteroatoms. The fourth-order valence-corrected chi connectivity index (χ4v) is 3.21. The summed E-state index contributed by atoms with van der Waals surface area (Å²) in [6.45, 7) is 1.78. The van der Waals surface area contributed by atoms with Gasteiger partial charge in [-0.25, -0.2) is 0 Å². The SMILES string of the molecule is CCn1nc(C(F)(F)F)cc1[C@H]1C(C#N)=C(N)OC2=C1C(=O)CCC2. The zero-order chi connectivity index (χ0) is 18.4. The number of ether oxygens (including phenoxy) is 1. The topological polar surface area (TPSA) is 93.9 Å². The van der Waals surface area contributed by atoms with Gasteiger partial charge in [-0.3, -0.25) is 9.48 Å². The molecule has 0 fully saturated rings. The third-order valence-electron chi connectivity index (χ3n) is 4.30. The zero-order valence-corrected chi connectivity index (χ0v) is 13.4. The van der Waals surface area contributed by atoms with Gasteiger partial charge in [0.15, 0.2) is 11.5 Å². The van der Waals surface area contributed by atoms with Crippen molar-refractivity contribution in [2.75, 3.05) is 0 Å². The molecule has 25 heavy (non-hydrogen) atoms. The van der Waals surface area contributed by atoms with Gasteiger partial charge in [-0.05, 0) is 19.4 Å². The highest BCUT2D eigenvalue weighted by Crippen LogP contribution is 2.44. The van der Waals surface area contributed by atoms with Gasteiger partial charge in [0, 0.05) is 25.0 Å². The van der Waals surface area contributed by atoms with Gasteiger partial charge in [0.2, 0.25) is 5.88 Å². The van der Waals surface area contributed by atoms with E-state index in [4.69, 9.17) is 10.5 Å². The molecule has 0 spiro atoms. The summed E-state index contributed by atoms with van der Waals surface area (Å²) >= 11 is 0. The minimum Gasteiger partial charge on any atom is -0.444 e. The van der Waals surface area contributed by atoms with Crippen molar-refractivity contribution in [2.24, 2.45) is 5.73 Å². The molecule has 0 bridgehead atoms. The van der Waals surface area contributed by atoms with Crippen LogP contribution in [0.4, 0.5) is 13.2 Å². The van der Waals surface area contributed by atoms with Crippen molar-refractivity contribution >= 4 is 5.78 Å². The fourth-order valence-electron chi connectivity index (χ4n) is 3.21. The van der Waals surface area contributed by atoms with Gasteiger partial charge >= 0.3 is 6.18 Å². The van der Waals surface area contributed by atoms with Crippen molar-refractivity contribution in [1.29, 1.82) is 5.26 Å². The van der Waals surface area contributed by atoms with Crippen molar-refractivity contribution in [3.05, 3.63) is 40.2 Å². The second kappa shape index (κ2) is 5.95. The van der Waals surface area contributed by atoms with Crippen LogP contribution in [0.2, 0.25) is 0 Å². The van der Waals surface area contributed by atoms with Gasteiger partial charge in [-0.1, -0.05) is 0 Å². The quantitative estimate of drug-likeness (QED) is 0.883. The molecule has 1 aromatic heterocycles. The maximum Gasteiger partial charge on any atom is 0.435 e. The number of Topliss-reactive ketones (excluding diaryl/α,β-unsaturated/α-hetero) is 1. The molecular formula is C16H15F3N4O2. The molecule has 3 rings (SSSR count). The van der Waals surface area contributed by atoms with E-state index < -0.39 is 17.8 Å². The molecule has 2 N–H and O–H groups in total. The molecule has 0 amide bonds. The van der Waals surface area contributed by atoms with E-state index >= 15 is 0 Å². The van der Waals surface area contributed by atoms with Crippen molar-refractivity contribution in [3.8, 4) is 6.07 Å². The number of alkyl halides is 3. The molecule has 0 saturated carbocycles. The number of carbonyl (C=O) groups excluding carboxylic acids is 1. The van der Waals surface area contributed by atoms with E-state index in [-0.39, 0.29) is 41.5 Å². The van der Waals surface area contributed by atoms with Gasteiger partial charge in [0.25, 0.3) is 0 Å². The normalized spacial score (nSPS) is 21.1. The van der Waals surface area contributed by atoms with Crippen LogP contribution in [-0.4, -0.2) is 15.6 Å². The molecule has 1 aliphatic carbocycles. The number of carbonyl (C=O) groups is 1.